The first kappa shape index (κ1) is 23.1. The van der Waals surface area contributed by atoms with Gasteiger partial charge >= 0.3 is 5.97 Å². The van der Waals surface area contributed by atoms with E-state index in [0.717, 1.165) is 16.8 Å². The number of hydrogen-bond donors (Lipinski definition) is 1. The van der Waals surface area contributed by atoms with Crippen LogP contribution in [-0.2, 0) is 22.6 Å². The quantitative estimate of drug-likeness (QED) is 0.363. The van der Waals surface area contributed by atoms with Crippen molar-refractivity contribution in [2.75, 3.05) is 5.32 Å². The molecule has 1 amide bonds. The van der Waals surface area contributed by atoms with E-state index in [9.17, 15) is 9.59 Å². The average Bonchev–Trinajstić information content (AvgIpc) is 3.28. The summed E-state index contributed by atoms with van der Waals surface area (Å²) in [6.07, 6.45) is 4.81. The molecular weight excluding hydrogens is 452 g/mol. The minimum atomic E-state index is -0.589. The predicted molar refractivity (Wildman–Crippen MR) is 128 cm³/mol. The third kappa shape index (κ3) is 6.02. The number of carbonyl (C=O) groups is 2. The first-order valence-electron chi connectivity index (χ1n) is 10.5. The molecule has 0 saturated heterocycles. The molecule has 0 spiro atoms. The molecule has 4 rings (SSSR count). The van der Waals surface area contributed by atoms with Crippen LogP contribution in [0.5, 0.6) is 11.6 Å². The molecule has 0 fully saturated rings. The molecule has 0 aliphatic heterocycles. The molecule has 3 heterocycles. The molecule has 1 aromatic carbocycles. The van der Waals surface area contributed by atoms with Gasteiger partial charge < -0.3 is 14.8 Å². The summed E-state index contributed by atoms with van der Waals surface area (Å²) in [5.74, 6) is -0.158. The van der Waals surface area contributed by atoms with Crippen LogP contribution in [0.2, 0.25) is 0 Å². The minimum absolute atomic E-state index is 0.0326. The molecular formula is C25H22N4O4S. The summed E-state index contributed by atoms with van der Waals surface area (Å²) in [5, 5.41) is 5.33. The van der Waals surface area contributed by atoms with Gasteiger partial charge in [-0.3, -0.25) is 9.78 Å². The van der Waals surface area contributed by atoms with Gasteiger partial charge in [0, 0.05) is 23.5 Å². The number of benzene rings is 1. The Morgan fingerprint density at radius 1 is 1.09 bits per heavy atom. The maximum Gasteiger partial charge on any atom is 0.344 e. The van der Waals surface area contributed by atoms with E-state index in [0.29, 0.717) is 16.5 Å². The highest BCUT2D eigenvalue weighted by Crippen LogP contribution is 2.23. The standard InChI is InChI=1S/C25H22N4O4S/c1-16-7-8-17(2)21(11-16)29-22(30)12-23-28-18(15-34-23)14-32-25(31)20-6-4-10-27-24(20)33-19-5-3-9-26-13-19/h3-11,13,15H,12,14H2,1-2H3,(H,29,30). The normalized spacial score (nSPS) is 10.5. The molecule has 3 aromatic heterocycles. The number of nitrogens with one attached hydrogen (secondary N) is 1. The first-order chi connectivity index (χ1) is 16.5. The molecule has 1 N–H and O–H groups in total. The van der Waals surface area contributed by atoms with Gasteiger partial charge in [-0.25, -0.2) is 14.8 Å². The van der Waals surface area contributed by atoms with Crippen molar-refractivity contribution in [3.63, 3.8) is 0 Å². The summed E-state index contributed by atoms with van der Waals surface area (Å²) in [6.45, 7) is 3.89. The topological polar surface area (TPSA) is 103 Å². The van der Waals surface area contributed by atoms with Crippen molar-refractivity contribution >= 4 is 28.9 Å². The fourth-order valence-corrected chi connectivity index (χ4v) is 3.84. The van der Waals surface area contributed by atoms with E-state index in [1.165, 1.54) is 23.7 Å². The van der Waals surface area contributed by atoms with Crippen LogP contribution in [0.4, 0.5) is 5.69 Å². The Morgan fingerprint density at radius 3 is 2.76 bits per heavy atom. The van der Waals surface area contributed by atoms with Crippen LogP contribution in [0.15, 0.2) is 66.4 Å². The van der Waals surface area contributed by atoms with E-state index in [1.54, 1.807) is 35.8 Å². The summed E-state index contributed by atoms with van der Waals surface area (Å²) in [4.78, 5) is 37.6. The largest absolute Gasteiger partial charge is 0.455 e. The Labute approximate surface area is 200 Å². The van der Waals surface area contributed by atoms with E-state index in [1.807, 2.05) is 32.0 Å². The van der Waals surface area contributed by atoms with Gasteiger partial charge in [0.1, 0.15) is 22.9 Å². The van der Waals surface area contributed by atoms with Gasteiger partial charge in [-0.05, 0) is 55.3 Å². The molecule has 172 valence electrons. The molecule has 0 aliphatic rings. The SMILES string of the molecule is Cc1ccc(C)c(NC(=O)Cc2nc(COC(=O)c3cccnc3Oc3cccnc3)cs2)c1. The third-order valence-electron chi connectivity index (χ3n) is 4.77. The van der Waals surface area contributed by atoms with Gasteiger partial charge in [0.05, 0.1) is 18.3 Å². The van der Waals surface area contributed by atoms with Gasteiger partial charge in [0.25, 0.3) is 0 Å². The highest BCUT2D eigenvalue weighted by Gasteiger charge is 2.17. The van der Waals surface area contributed by atoms with Crippen molar-refractivity contribution in [3.05, 3.63) is 93.8 Å². The number of ether oxygens (including phenoxy) is 2. The van der Waals surface area contributed by atoms with Crippen LogP contribution in [0.1, 0.15) is 32.2 Å². The van der Waals surface area contributed by atoms with Gasteiger partial charge in [-0.1, -0.05) is 12.1 Å². The average molecular weight is 475 g/mol. The van der Waals surface area contributed by atoms with Gasteiger partial charge in [-0.2, -0.15) is 0 Å². The summed E-state index contributed by atoms with van der Waals surface area (Å²) in [5.41, 5.74) is 3.60. The second kappa shape index (κ2) is 10.7. The van der Waals surface area contributed by atoms with Crippen molar-refractivity contribution in [2.24, 2.45) is 0 Å². The van der Waals surface area contributed by atoms with Crippen LogP contribution < -0.4 is 10.1 Å². The minimum Gasteiger partial charge on any atom is -0.455 e. The number of pyridine rings is 2. The summed E-state index contributed by atoms with van der Waals surface area (Å²) in [6, 6.07) is 12.5. The monoisotopic (exact) mass is 474 g/mol. The molecule has 4 aromatic rings. The third-order valence-corrected chi connectivity index (χ3v) is 5.67. The lowest BCUT2D eigenvalue weighted by atomic mass is 10.1. The van der Waals surface area contributed by atoms with Crippen LogP contribution in [-0.4, -0.2) is 26.8 Å². The lowest BCUT2D eigenvalue weighted by molar-refractivity contribution is -0.115. The first-order valence-corrected chi connectivity index (χ1v) is 11.4. The number of amides is 1. The van der Waals surface area contributed by atoms with E-state index in [4.69, 9.17) is 9.47 Å². The van der Waals surface area contributed by atoms with Crippen molar-refractivity contribution in [3.8, 4) is 11.6 Å². The van der Waals surface area contributed by atoms with Crippen LogP contribution in [0.3, 0.4) is 0 Å². The molecule has 0 atom stereocenters. The second-order valence-electron chi connectivity index (χ2n) is 7.50. The number of thiazole rings is 1. The van der Waals surface area contributed by atoms with E-state index in [-0.39, 0.29) is 30.4 Å². The zero-order chi connectivity index (χ0) is 23.9. The molecule has 0 saturated carbocycles. The number of nitrogens with zero attached hydrogens (tertiary/aromatic N) is 3. The fraction of sp³-hybridized carbons (Fsp3) is 0.160. The lowest BCUT2D eigenvalue weighted by Crippen LogP contribution is -2.15. The fourth-order valence-electron chi connectivity index (χ4n) is 3.06. The number of esters is 1. The van der Waals surface area contributed by atoms with Crippen molar-refractivity contribution in [1.82, 2.24) is 15.0 Å². The Balaban J connectivity index is 1.34. The number of carbonyl (C=O) groups excluding carboxylic acids is 2. The highest BCUT2D eigenvalue weighted by molar-refractivity contribution is 7.09. The second-order valence-corrected chi connectivity index (χ2v) is 8.44. The van der Waals surface area contributed by atoms with E-state index >= 15 is 0 Å². The van der Waals surface area contributed by atoms with E-state index < -0.39 is 5.97 Å². The molecule has 0 radical (unpaired) electrons. The molecule has 0 bridgehead atoms. The molecule has 0 aliphatic carbocycles. The zero-order valence-electron chi connectivity index (χ0n) is 18.6. The molecule has 34 heavy (non-hydrogen) atoms. The summed E-state index contributed by atoms with van der Waals surface area (Å²) < 4.78 is 11.1. The Hall–Kier alpha value is -4.11. The molecule has 0 unspecified atom stereocenters. The zero-order valence-corrected chi connectivity index (χ0v) is 19.5. The maximum atomic E-state index is 12.6. The molecule has 8 nitrogen and oxygen atoms in total. The summed E-state index contributed by atoms with van der Waals surface area (Å²) >= 11 is 1.34. The van der Waals surface area contributed by atoms with Crippen molar-refractivity contribution < 1.29 is 19.1 Å². The smallest absolute Gasteiger partial charge is 0.344 e. The maximum absolute atomic E-state index is 12.6. The lowest BCUT2D eigenvalue weighted by Gasteiger charge is -2.09. The number of aryl methyl sites for hydroxylation is 2. The predicted octanol–water partition coefficient (Wildman–Crippen LogP) is 4.88. The van der Waals surface area contributed by atoms with Crippen LogP contribution in [0.25, 0.3) is 0 Å². The molecule has 9 heteroatoms. The van der Waals surface area contributed by atoms with Crippen LogP contribution in [0, 0.1) is 13.8 Å². The number of anilines is 1. The van der Waals surface area contributed by atoms with Gasteiger partial charge in [0.15, 0.2) is 0 Å². The van der Waals surface area contributed by atoms with Gasteiger partial charge in [0.2, 0.25) is 11.8 Å². The Morgan fingerprint density at radius 2 is 1.94 bits per heavy atom. The number of rotatable bonds is 8. The van der Waals surface area contributed by atoms with Crippen molar-refractivity contribution in [2.45, 2.75) is 26.9 Å². The van der Waals surface area contributed by atoms with Gasteiger partial charge in [-0.15, -0.1) is 11.3 Å². The summed E-state index contributed by atoms with van der Waals surface area (Å²) in [7, 11) is 0. The number of aromatic nitrogens is 3. The van der Waals surface area contributed by atoms with E-state index in [2.05, 4.69) is 20.3 Å². The highest BCUT2D eigenvalue weighted by atomic mass is 32.1. The van der Waals surface area contributed by atoms with Crippen LogP contribution >= 0.6 is 11.3 Å². The number of hydrogen-bond acceptors (Lipinski definition) is 8. The Kier molecular flexibility index (Phi) is 7.24. The Bertz CT molecular complexity index is 1310. The van der Waals surface area contributed by atoms with Crippen molar-refractivity contribution in [1.29, 1.82) is 0 Å².